The number of rotatable bonds is 2. The summed E-state index contributed by atoms with van der Waals surface area (Å²) in [5.74, 6) is 0.435. The Morgan fingerprint density at radius 3 is 2.22 bits per heavy atom. The van der Waals surface area contributed by atoms with E-state index in [2.05, 4.69) is 4.98 Å². The Balaban J connectivity index is 1.89. The molecule has 0 aliphatic carbocycles. The molecule has 0 atom stereocenters. The second-order valence-corrected chi connectivity index (χ2v) is 6.34. The van der Waals surface area contributed by atoms with Crippen molar-refractivity contribution in [2.45, 2.75) is 0 Å². The third kappa shape index (κ3) is 2.57. The number of pyridine rings is 1. The van der Waals surface area contributed by atoms with E-state index >= 15 is 0 Å². The Morgan fingerprint density at radius 1 is 0.741 bits per heavy atom. The molecule has 0 saturated carbocycles. The van der Waals surface area contributed by atoms with Gasteiger partial charge in [0.1, 0.15) is 23.1 Å². The van der Waals surface area contributed by atoms with Gasteiger partial charge < -0.3 is 4.74 Å². The van der Waals surface area contributed by atoms with Gasteiger partial charge in [0.05, 0.1) is 10.9 Å². The van der Waals surface area contributed by atoms with E-state index in [0.29, 0.717) is 28.2 Å². The molecule has 1 aliphatic rings. The molecule has 27 heavy (non-hydrogen) atoms. The fourth-order valence-electron chi connectivity index (χ4n) is 3.52. The van der Waals surface area contributed by atoms with Crippen LogP contribution >= 0.6 is 0 Å². The van der Waals surface area contributed by atoms with Gasteiger partial charge in [-0.25, -0.2) is 8.78 Å². The Kier molecular flexibility index (Phi) is 3.50. The van der Waals surface area contributed by atoms with E-state index in [1.54, 1.807) is 30.5 Å². The van der Waals surface area contributed by atoms with E-state index in [1.165, 1.54) is 24.3 Å². The zero-order chi connectivity index (χ0) is 18.4. The van der Waals surface area contributed by atoms with Crippen LogP contribution < -0.4 is 4.74 Å². The Hall–Kier alpha value is -3.53. The fourth-order valence-corrected chi connectivity index (χ4v) is 3.52. The standard InChI is InChI=1S/C23H13F2NO/c24-16-6-1-4-14(12-16)21-18-8-3-9-19-22(18)20(10-11-26-19)27-23(21)15-5-2-7-17(25)13-15/h1-13H. The summed E-state index contributed by atoms with van der Waals surface area (Å²) in [5, 5.41) is 0.861. The van der Waals surface area contributed by atoms with Crippen molar-refractivity contribution >= 4 is 22.2 Å². The number of benzene rings is 3. The molecule has 4 heteroatoms. The maximum absolute atomic E-state index is 14.0. The van der Waals surface area contributed by atoms with Crippen LogP contribution in [0.25, 0.3) is 22.2 Å². The predicted molar refractivity (Wildman–Crippen MR) is 101 cm³/mol. The zero-order valence-corrected chi connectivity index (χ0v) is 14.1. The van der Waals surface area contributed by atoms with E-state index < -0.39 is 0 Å². The maximum atomic E-state index is 14.0. The van der Waals surface area contributed by atoms with Crippen LogP contribution in [-0.4, -0.2) is 4.98 Å². The van der Waals surface area contributed by atoms with Crippen molar-refractivity contribution in [3.63, 3.8) is 0 Å². The van der Waals surface area contributed by atoms with Gasteiger partial charge in [-0.3, -0.25) is 4.98 Å². The van der Waals surface area contributed by atoms with Crippen LogP contribution in [-0.2, 0) is 0 Å². The van der Waals surface area contributed by atoms with Crippen LogP contribution in [0, 0.1) is 11.6 Å². The van der Waals surface area contributed by atoms with Crippen LogP contribution in [0.15, 0.2) is 79.0 Å². The van der Waals surface area contributed by atoms with Gasteiger partial charge >= 0.3 is 0 Å². The third-order valence-corrected chi connectivity index (χ3v) is 4.64. The molecule has 0 bridgehead atoms. The highest BCUT2D eigenvalue weighted by molar-refractivity contribution is 6.09. The molecule has 0 fully saturated rings. The van der Waals surface area contributed by atoms with Crippen molar-refractivity contribution < 1.29 is 13.5 Å². The molecule has 3 aromatic carbocycles. The Bertz CT molecular complexity index is 1220. The highest BCUT2D eigenvalue weighted by Gasteiger charge is 2.25. The van der Waals surface area contributed by atoms with Crippen molar-refractivity contribution in [3.8, 4) is 5.75 Å². The minimum Gasteiger partial charge on any atom is -0.455 e. The maximum Gasteiger partial charge on any atom is 0.143 e. The van der Waals surface area contributed by atoms with E-state index in [0.717, 1.165) is 16.5 Å². The fraction of sp³-hybridized carbons (Fsp3) is 0. The normalized spacial score (nSPS) is 13.0. The summed E-state index contributed by atoms with van der Waals surface area (Å²) < 4.78 is 34.1. The molecule has 5 rings (SSSR count). The van der Waals surface area contributed by atoms with Crippen molar-refractivity contribution in [2.24, 2.45) is 0 Å². The summed E-state index contributed by atoms with van der Waals surface area (Å²) in [5.41, 5.74) is 3.64. The molecular weight excluding hydrogens is 344 g/mol. The highest BCUT2D eigenvalue weighted by atomic mass is 19.1. The van der Waals surface area contributed by atoms with Gasteiger partial charge in [-0.05, 0) is 47.5 Å². The molecule has 2 heterocycles. The van der Waals surface area contributed by atoms with E-state index in [9.17, 15) is 8.78 Å². The molecule has 0 N–H and O–H groups in total. The zero-order valence-electron chi connectivity index (χ0n) is 14.1. The number of hydrogen-bond donors (Lipinski definition) is 0. The first kappa shape index (κ1) is 15.7. The number of nitrogens with zero attached hydrogens (tertiary/aromatic N) is 1. The molecule has 0 unspecified atom stereocenters. The van der Waals surface area contributed by atoms with Crippen molar-refractivity contribution in [1.82, 2.24) is 4.98 Å². The topological polar surface area (TPSA) is 22.1 Å². The third-order valence-electron chi connectivity index (χ3n) is 4.64. The average Bonchev–Trinajstić information content (AvgIpc) is 2.68. The lowest BCUT2D eigenvalue weighted by Gasteiger charge is -2.24. The summed E-state index contributed by atoms with van der Waals surface area (Å²) in [4.78, 5) is 4.41. The first-order chi connectivity index (χ1) is 13.2. The van der Waals surface area contributed by atoms with Gasteiger partial charge in [0.25, 0.3) is 0 Å². The summed E-state index contributed by atoms with van der Waals surface area (Å²) in [6.45, 7) is 0. The number of aromatic nitrogens is 1. The van der Waals surface area contributed by atoms with Gasteiger partial charge in [0.15, 0.2) is 0 Å². The second kappa shape index (κ2) is 6.02. The molecule has 0 radical (unpaired) electrons. The van der Waals surface area contributed by atoms with Crippen LogP contribution in [0.2, 0.25) is 0 Å². The minimum atomic E-state index is -0.360. The minimum absolute atomic E-state index is 0.345. The predicted octanol–water partition coefficient (Wildman–Crippen LogP) is 5.82. The van der Waals surface area contributed by atoms with Gasteiger partial charge in [-0.15, -0.1) is 0 Å². The van der Waals surface area contributed by atoms with Crippen LogP contribution in [0.4, 0.5) is 8.78 Å². The first-order valence-electron chi connectivity index (χ1n) is 8.53. The van der Waals surface area contributed by atoms with Gasteiger partial charge in [0.2, 0.25) is 0 Å². The van der Waals surface area contributed by atoms with E-state index in [-0.39, 0.29) is 11.6 Å². The SMILES string of the molecule is Fc1cccc(C2=C(c3cccc(F)c3)c3cccc4nccc(c34)O2)c1. The average molecular weight is 357 g/mol. The van der Waals surface area contributed by atoms with Gasteiger partial charge in [-0.1, -0.05) is 36.4 Å². The van der Waals surface area contributed by atoms with Crippen LogP contribution in [0.3, 0.4) is 0 Å². The van der Waals surface area contributed by atoms with E-state index in [4.69, 9.17) is 4.74 Å². The van der Waals surface area contributed by atoms with Gasteiger partial charge in [0, 0.05) is 17.3 Å². The molecule has 0 spiro atoms. The number of hydrogen-bond acceptors (Lipinski definition) is 2. The summed E-state index contributed by atoms with van der Waals surface area (Å²) in [7, 11) is 0. The van der Waals surface area contributed by atoms with Crippen molar-refractivity contribution in [1.29, 1.82) is 0 Å². The molecule has 2 nitrogen and oxygen atoms in total. The molecule has 1 aromatic heterocycles. The summed E-state index contributed by atoms with van der Waals surface area (Å²) in [6, 6.07) is 20.1. The number of ether oxygens (including phenoxy) is 1. The molecule has 4 aromatic rings. The lowest BCUT2D eigenvalue weighted by Crippen LogP contribution is -2.08. The quantitative estimate of drug-likeness (QED) is 0.451. The molecule has 0 amide bonds. The number of halogens is 2. The second-order valence-electron chi connectivity index (χ2n) is 6.34. The van der Waals surface area contributed by atoms with E-state index in [1.807, 2.05) is 24.3 Å². The molecule has 0 saturated heterocycles. The molecule has 130 valence electrons. The molecule has 1 aliphatic heterocycles. The smallest absolute Gasteiger partial charge is 0.143 e. The van der Waals surface area contributed by atoms with Crippen molar-refractivity contribution in [2.75, 3.05) is 0 Å². The lowest BCUT2D eigenvalue weighted by atomic mass is 9.89. The highest BCUT2D eigenvalue weighted by Crippen LogP contribution is 2.44. The van der Waals surface area contributed by atoms with Crippen molar-refractivity contribution in [3.05, 3.63) is 107 Å². The van der Waals surface area contributed by atoms with Crippen LogP contribution in [0.1, 0.15) is 16.7 Å². The Labute approximate surface area is 154 Å². The lowest BCUT2D eigenvalue weighted by molar-refractivity contribution is 0.518. The monoisotopic (exact) mass is 357 g/mol. The largest absolute Gasteiger partial charge is 0.455 e. The van der Waals surface area contributed by atoms with Gasteiger partial charge in [-0.2, -0.15) is 0 Å². The first-order valence-corrected chi connectivity index (χ1v) is 8.53. The summed E-state index contributed by atoms with van der Waals surface area (Å²) >= 11 is 0. The summed E-state index contributed by atoms with van der Waals surface area (Å²) in [6.07, 6.45) is 1.68. The van der Waals surface area contributed by atoms with Crippen LogP contribution in [0.5, 0.6) is 5.75 Å². The molecular formula is C23H13F2NO. The Morgan fingerprint density at radius 2 is 1.44 bits per heavy atom.